The lowest BCUT2D eigenvalue weighted by Gasteiger charge is -2.37. The molecule has 1 aliphatic rings. The smallest absolute Gasteiger partial charge is 0.117 e. The normalized spacial score (nSPS) is 30.8. The van der Waals surface area contributed by atoms with Gasteiger partial charge in [0.1, 0.15) is 6.10 Å². The summed E-state index contributed by atoms with van der Waals surface area (Å²) < 4.78 is 0. The maximum atomic E-state index is 9.54. The first-order valence-corrected chi connectivity index (χ1v) is 5.59. The molecule has 1 fully saturated rings. The summed E-state index contributed by atoms with van der Waals surface area (Å²) in [5.74, 6) is 3.58. The number of aliphatic hydroxyl groups excluding tert-OH is 1. The third-order valence-corrected chi connectivity index (χ3v) is 3.61. The van der Waals surface area contributed by atoms with Crippen LogP contribution in [0.3, 0.4) is 0 Å². The molecule has 0 saturated heterocycles. The Balaban J connectivity index is 2.43. The van der Waals surface area contributed by atoms with Gasteiger partial charge in [0.2, 0.25) is 0 Å². The van der Waals surface area contributed by atoms with Gasteiger partial charge in [-0.25, -0.2) is 0 Å². The molecule has 1 nitrogen and oxygen atoms in total. The number of terminal acetylenes is 1. The summed E-state index contributed by atoms with van der Waals surface area (Å²) in [7, 11) is 0. The fourth-order valence-corrected chi connectivity index (χ4v) is 2.44. The van der Waals surface area contributed by atoms with Crippen molar-refractivity contribution in [3.8, 4) is 12.3 Å². The Kier molecular flexibility index (Phi) is 3.61. The van der Waals surface area contributed by atoms with Crippen LogP contribution in [0, 0.1) is 29.6 Å². The van der Waals surface area contributed by atoms with Crippen molar-refractivity contribution in [2.45, 2.75) is 52.6 Å². The molecule has 1 rings (SSSR count). The molecule has 0 aromatic rings. The minimum absolute atomic E-state index is 0.346. The highest BCUT2D eigenvalue weighted by atomic mass is 16.3. The summed E-state index contributed by atoms with van der Waals surface area (Å²) >= 11 is 0. The van der Waals surface area contributed by atoms with Crippen molar-refractivity contribution in [2.24, 2.45) is 17.3 Å². The van der Waals surface area contributed by atoms with Gasteiger partial charge in [-0.15, -0.1) is 6.42 Å². The van der Waals surface area contributed by atoms with Gasteiger partial charge >= 0.3 is 0 Å². The van der Waals surface area contributed by atoms with Gasteiger partial charge < -0.3 is 5.11 Å². The molecule has 1 N–H and O–H groups in total. The molecule has 0 aromatic carbocycles. The van der Waals surface area contributed by atoms with Crippen LogP contribution in [0.25, 0.3) is 0 Å². The van der Waals surface area contributed by atoms with E-state index < -0.39 is 6.10 Å². The Hall–Kier alpha value is -0.480. The largest absolute Gasteiger partial charge is 0.380 e. The van der Waals surface area contributed by atoms with Crippen molar-refractivity contribution in [2.75, 3.05) is 0 Å². The summed E-state index contributed by atoms with van der Waals surface area (Å²) in [6, 6.07) is 0. The summed E-state index contributed by atoms with van der Waals surface area (Å²) in [5.41, 5.74) is 0.409. The van der Waals surface area contributed by atoms with Crippen molar-refractivity contribution in [1.82, 2.24) is 0 Å². The zero-order valence-electron chi connectivity index (χ0n) is 9.59. The average Bonchev–Trinajstić information content (AvgIpc) is 2.15. The second-order valence-corrected chi connectivity index (χ2v) is 5.59. The number of aliphatic hydroxyl groups is 1. The third-order valence-electron chi connectivity index (χ3n) is 3.61. The molecule has 1 aliphatic carbocycles. The van der Waals surface area contributed by atoms with Crippen molar-refractivity contribution in [1.29, 1.82) is 0 Å². The first-order chi connectivity index (χ1) is 6.45. The number of hydrogen-bond donors (Lipinski definition) is 1. The minimum Gasteiger partial charge on any atom is -0.380 e. The van der Waals surface area contributed by atoms with Crippen LogP contribution in [0.2, 0.25) is 0 Å². The molecule has 0 aliphatic heterocycles. The molecular weight excluding hydrogens is 172 g/mol. The lowest BCUT2D eigenvalue weighted by molar-refractivity contribution is 0.0850. The topological polar surface area (TPSA) is 20.2 Å². The molecule has 0 unspecified atom stereocenters. The third kappa shape index (κ3) is 2.75. The van der Waals surface area contributed by atoms with Crippen LogP contribution in [-0.4, -0.2) is 11.2 Å². The van der Waals surface area contributed by atoms with Crippen LogP contribution < -0.4 is 0 Å². The predicted molar refractivity (Wildman–Crippen MR) is 59.7 cm³/mol. The van der Waals surface area contributed by atoms with E-state index in [-0.39, 0.29) is 0 Å². The summed E-state index contributed by atoms with van der Waals surface area (Å²) in [4.78, 5) is 0. The quantitative estimate of drug-likeness (QED) is 0.636. The molecule has 1 saturated carbocycles. The van der Waals surface area contributed by atoms with E-state index in [0.29, 0.717) is 11.3 Å². The zero-order chi connectivity index (χ0) is 10.8. The fraction of sp³-hybridized carbons (Fsp3) is 0.846. The second-order valence-electron chi connectivity index (χ2n) is 5.59. The van der Waals surface area contributed by atoms with Crippen LogP contribution in [0.5, 0.6) is 0 Å². The first kappa shape index (κ1) is 11.6. The first-order valence-electron chi connectivity index (χ1n) is 5.59. The van der Waals surface area contributed by atoms with Crippen molar-refractivity contribution < 1.29 is 5.11 Å². The number of hydrogen-bond acceptors (Lipinski definition) is 1. The second kappa shape index (κ2) is 4.36. The van der Waals surface area contributed by atoms with E-state index in [0.717, 1.165) is 18.8 Å². The van der Waals surface area contributed by atoms with E-state index in [4.69, 9.17) is 6.42 Å². The highest BCUT2D eigenvalue weighted by Crippen LogP contribution is 2.40. The monoisotopic (exact) mass is 194 g/mol. The summed E-state index contributed by atoms with van der Waals surface area (Å²) in [5, 5.41) is 9.54. The Morgan fingerprint density at radius 2 is 1.71 bits per heavy atom. The van der Waals surface area contributed by atoms with Crippen LogP contribution in [0.15, 0.2) is 0 Å². The van der Waals surface area contributed by atoms with E-state index in [1.807, 2.05) is 0 Å². The maximum absolute atomic E-state index is 9.54. The fourth-order valence-electron chi connectivity index (χ4n) is 2.44. The van der Waals surface area contributed by atoms with Crippen molar-refractivity contribution in [3.63, 3.8) is 0 Å². The SMILES string of the molecule is C#C[C@@H](O)C1CCC(C(C)(C)C)CC1. The maximum Gasteiger partial charge on any atom is 0.117 e. The van der Waals surface area contributed by atoms with Crippen LogP contribution in [0.4, 0.5) is 0 Å². The molecule has 14 heavy (non-hydrogen) atoms. The van der Waals surface area contributed by atoms with Gasteiger partial charge in [0, 0.05) is 0 Å². The van der Waals surface area contributed by atoms with Gasteiger partial charge in [0.15, 0.2) is 0 Å². The molecular formula is C13H22O. The van der Waals surface area contributed by atoms with Gasteiger partial charge in [0.05, 0.1) is 0 Å². The predicted octanol–water partition coefficient (Wildman–Crippen LogP) is 2.83. The lowest BCUT2D eigenvalue weighted by Crippen LogP contribution is -2.30. The van der Waals surface area contributed by atoms with E-state index in [1.165, 1.54) is 12.8 Å². The molecule has 80 valence electrons. The molecule has 1 atom stereocenters. The van der Waals surface area contributed by atoms with Gasteiger partial charge in [-0.3, -0.25) is 0 Å². The zero-order valence-corrected chi connectivity index (χ0v) is 9.59. The van der Waals surface area contributed by atoms with Crippen LogP contribution in [0.1, 0.15) is 46.5 Å². The summed E-state index contributed by atoms with van der Waals surface area (Å²) in [6.07, 6.45) is 9.32. The highest BCUT2D eigenvalue weighted by molar-refractivity contribution is 4.98. The highest BCUT2D eigenvalue weighted by Gasteiger charge is 2.31. The number of rotatable bonds is 1. The van der Waals surface area contributed by atoms with Gasteiger partial charge in [0.25, 0.3) is 0 Å². The molecule has 0 radical (unpaired) electrons. The minimum atomic E-state index is -0.518. The average molecular weight is 194 g/mol. The van der Waals surface area contributed by atoms with Crippen molar-refractivity contribution in [3.05, 3.63) is 0 Å². The van der Waals surface area contributed by atoms with E-state index in [9.17, 15) is 5.11 Å². The molecule has 0 bridgehead atoms. The Labute approximate surface area is 87.9 Å². The lowest BCUT2D eigenvalue weighted by atomic mass is 9.69. The van der Waals surface area contributed by atoms with E-state index in [1.54, 1.807) is 0 Å². The van der Waals surface area contributed by atoms with Crippen molar-refractivity contribution >= 4 is 0 Å². The van der Waals surface area contributed by atoms with E-state index >= 15 is 0 Å². The molecule has 0 aromatic heterocycles. The molecule has 0 heterocycles. The Morgan fingerprint density at radius 3 is 2.07 bits per heavy atom. The van der Waals surface area contributed by atoms with E-state index in [2.05, 4.69) is 26.7 Å². The van der Waals surface area contributed by atoms with Crippen LogP contribution >= 0.6 is 0 Å². The van der Waals surface area contributed by atoms with Crippen LogP contribution in [-0.2, 0) is 0 Å². The Morgan fingerprint density at radius 1 is 1.21 bits per heavy atom. The van der Waals surface area contributed by atoms with Gasteiger partial charge in [-0.05, 0) is 42.9 Å². The molecule has 0 amide bonds. The standard InChI is InChI=1S/C13H22O/c1-5-12(14)10-6-8-11(9-7-10)13(2,3)4/h1,10-12,14H,6-9H2,2-4H3/t10?,11?,12-/m1/s1. The Bertz CT molecular complexity index is 210. The van der Waals surface area contributed by atoms with Gasteiger partial charge in [-0.2, -0.15) is 0 Å². The molecule has 1 heteroatoms. The molecule has 0 spiro atoms. The van der Waals surface area contributed by atoms with Gasteiger partial charge in [-0.1, -0.05) is 26.7 Å². The summed E-state index contributed by atoms with van der Waals surface area (Å²) in [6.45, 7) is 6.90.